The van der Waals surface area contributed by atoms with Crippen LogP contribution < -0.4 is 5.32 Å². The van der Waals surface area contributed by atoms with Crippen LogP contribution in [0.25, 0.3) is 5.69 Å². The van der Waals surface area contributed by atoms with E-state index in [0.29, 0.717) is 22.3 Å². The van der Waals surface area contributed by atoms with Crippen molar-refractivity contribution in [1.29, 1.82) is 0 Å². The quantitative estimate of drug-likeness (QED) is 0.416. The molecule has 0 radical (unpaired) electrons. The maximum absolute atomic E-state index is 13.0. The third-order valence-corrected chi connectivity index (χ3v) is 7.35. The summed E-state index contributed by atoms with van der Waals surface area (Å²) < 4.78 is 7.12. The molecule has 1 amide bonds. The van der Waals surface area contributed by atoms with Crippen LogP contribution in [0.3, 0.4) is 0 Å². The minimum atomic E-state index is -0.430. The predicted molar refractivity (Wildman–Crippen MR) is 122 cm³/mol. The fourth-order valence-electron chi connectivity index (χ4n) is 3.57. The first-order valence-corrected chi connectivity index (χ1v) is 12.0. The zero-order valence-electron chi connectivity index (χ0n) is 17.5. The first-order valence-electron chi connectivity index (χ1n) is 10.3. The Kier molecular flexibility index (Phi) is 6.72. The standard InChI is InChI=1S/C22H24N4O3S2/c1-3-29-21(28)18-16-11-7-8-12-17(16)31-20(18)24-19(27)14(2)30-22-25-23-13-26(22)15-9-5-4-6-10-15/h4-6,9-10,13-14H,3,7-8,11-12H2,1-2H3,(H,24,27). The van der Waals surface area contributed by atoms with E-state index in [9.17, 15) is 9.59 Å². The van der Waals surface area contributed by atoms with Crippen molar-refractivity contribution in [1.82, 2.24) is 14.8 Å². The van der Waals surface area contributed by atoms with E-state index in [2.05, 4.69) is 15.5 Å². The van der Waals surface area contributed by atoms with Crippen molar-refractivity contribution in [2.45, 2.75) is 49.9 Å². The monoisotopic (exact) mass is 456 g/mol. The minimum absolute atomic E-state index is 0.184. The molecule has 1 atom stereocenters. The molecule has 3 aromatic rings. The third kappa shape index (κ3) is 4.67. The number of para-hydroxylation sites is 1. The fraction of sp³-hybridized carbons (Fsp3) is 0.364. The highest BCUT2D eigenvalue weighted by Crippen LogP contribution is 2.39. The summed E-state index contributed by atoms with van der Waals surface area (Å²) in [6.45, 7) is 3.91. The first kappa shape index (κ1) is 21.6. The van der Waals surface area contributed by atoms with Crippen molar-refractivity contribution in [3.63, 3.8) is 0 Å². The molecule has 1 unspecified atom stereocenters. The number of rotatable bonds is 7. The minimum Gasteiger partial charge on any atom is -0.462 e. The Labute approximate surface area is 189 Å². The fourth-order valence-corrected chi connectivity index (χ4v) is 5.69. The van der Waals surface area contributed by atoms with Crippen molar-refractivity contribution in [2.24, 2.45) is 0 Å². The molecular weight excluding hydrogens is 432 g/mol. The number of carbonyl (C=O) groups excluding carboxylic acids is 2. The van der Waals surface area contributed by atoms with E-state index in [1.54, 1.807) is 13.3 Å². The van der Waals surface area contributed by atoms with Crippen LogP contribution in [0.5, 0.6) is 0 Å². The van der Waals surface area contributed by atoms with Gasteiger partial charge in [-0.25, -0.2) is 4.79 Å². The van der Waals surface area contributed by atoms with Crippen molar-refractivity contribution < 1.29 is 14.3 Å². The molecule has 7 nitrogen and oxygen atoms in total. The zero-order valence-corrected chi connectivity index (χ0v) is 19.1. The SMILES string of the molecule is CCOC(=O)c1c(NC(=O)C(C)Sc2nncn2-c2ccccc2)sc2c1CCCC2. The van der Waals surface area contributed by atoms with Gasteiger partial charge in [0.1, 0.15) is 11.3 Å². The zero-order chi connectivity index (χ0) is 21.8. The van der Waals surface area contributed by atoms with E-state index >= 15 is 0 Å². The Morgan fingerprint density at radius 2 is 2.03 bits per heavy atom. The number of amides is 1. The van der Waals surface area contributed by atoms with Gasteiger partial charge in [0.15, 0.2) is 5.16 Å². The number of hydrogen-bond donors (Lipinski definition) is 1. The molecule has 1 aliphatic carbocycles. The van der Waals surface area contributed by atoms with Crippen molar-refractivity contribution >= 4 is 40.0 Å². The maximum Gasteiger partial charge on any atom is 0.341 e. The topological polar surface area (TPSA) is 86.1 Å². The molecular formula is C22H24N4O3S2. The number of nitrogens with zero attached hydrogens (tertiary/aromatic N) is 3. The Balaban J connectivity index is 1.52. The van der Waals surface area contributed by atoms with Gasteiger partial charge in [0, 0.05) is 10.6 Å². The van der Waals surface area contributed by atoms with Crippen LogP contribution in [0, 0.1) is 0 Å². The Morgan fingerprint density at radius 3 is 2.81 bits per heavy atom. The van der Waals surface area contributed by atoms with E-state index in [4.69, 9.17) is 4.74 Å². The summed E-state index contributed by atoms with van der Waals surface area (Å²) in [5.74, 6) is -0.543. The Bertz CT molecular complexity index is 1080. The van der Waals surface area contributed by atoms with Gasteiger partial charge in [-0.15, -0.1) is 21.5 Å². The van der Waals surface area contributed by atoms with Crippen molar-refractivity contribution in [2.75, 3.05) is 11.9 Å². The lowest BCUT2D eigenvalue weighted by atomic mass is 9.95. The summed E-state index contributed by atoms with van der Waals surface area (Å²) in [5, 5.41) is 11.9. The number of thiophene rings is 1. The van der Waals surface area contributed by atoms with Crippen LogP contribution in [0.15, 0.2) is 41.8 Å². The van der Waals surface area contributed by atoms with Crippen molar-refractivity contribution in [3.05, 3.63) is 52.7 Å². The Morgan fingerprint density at radius 1 is 1.26 bits per heavy atom. The van der Waals surface area contributed by atoms with Gasteiger partial charge in [-0.2, -0.15) is 0 Å². The molecule has 0 saturated heterocycles. The van der Waals surface area contributed by atoms with Crippen LogP contribution in [-0.2, 0) is 22.4 Å². The normalized spacial score (nSPS) is 14.0. The number of aryl methyl sites for hydroxylation is 1. The molecule has 0 aliphatic heterocycles. The number of aromatic nitrogens is 3. The van der Waals surface area contributed by atoms with E-state index in [0.717, 1.165) is 36.9 Å². The number of benzene rings is 1. The molecule has 2 heterocycles. The molecule has 2 aromatic heterocycles. The average Bonchev–Trinajstić information content (AvgIpc) is 3.38. The summed E-state index contributed by atoms with van der Waals surface area (Å²) in [5.41, 5.74) is 2.49. The highest BCUT2D eigenvalue weighted by Gasteiger charge is 2.28. The van der Waals surface area contributed by atoms with Crippen LogP contribution in [0.4, 0.5) is 5.00 Å². The van der Waals surface area contributed by atoms with Gasteiger partial charge in [-0.1, -0.05) is 30.0 Å². The van der Waals surface area contributed by atoms with E-state index < -0.39 is 5.25 Å². The lowest BCUT2D eigenvalue weighted by Gasteiger charge is -2.14. The molecule has 0 saturated carbocycles. The molecule has 0 fully saturated rings. The molecule has 0 spiro atoms. The van der Waals surface area contributed by atoms with Crippen LogP contribution in [-0.4, -0.2) is 38.5 Å². The lowest BCUT2D eigenvalue weighted by molar-refractivity contribution is -0.115. The second kappa shape index (κ2) is 9.65. The van der Waals surface area contributed by atoms with Gasteiger partial charge in [-0.3, -0.25) is 9.36 Å². The average molecular weight is 457 g/mol. The van der Waals surface area contributed by atoms with E-state index in [-0.39, 0.29) is 11.9 Å². The number of esters is 1. The van der Waals surface area contributed by atoms with Crippen LogP contribution in [0.2, 0.25) is 0 Å². The summed E-state index contributed by atoms with van der Waals surface area (Å²) >= 11 is 2.82. The molecule has 4 rings (SSSR count). The molecule has 31 heavy (non-hydrogen) atoms. The summed E-state index contributed by atoms with van der Waals surface area (Å²) in [6, 6.07) is 9.74. The largest absolute Gasteiger partial charge is 0.462 e. The van der Waals surface area contributed by atoms with Gasteiger partial charge < -0.3 is 10.1 Å². The van der Waals surface area contributed by atoms with Gasteiger partial charge in [0.2, 0.25) is 5.91 Å². The van der Waals surface area contributed by atoms with Gasteiger partial charge in [-0.05, 0) is 57.2 Å². The molecule has 162 valence electrons. The molecule has 1 aromatic carbocycles. The summed E-state index contributed by atoms with van der Waals surface area (Å²) in [7, 11) is 0. The number of thioether (sulfide) groups is 1. The Hall–Kier alpha value is -2.65. The highest BCUT2D eigenvalue weighted by atomic mass is 32.2. The smallest absolute Gasteiger partial charge is 0.341 e. The van der Waals surface area contributed by atoms with E-state index in [1.807, 2.05) is 41.8 Å². The van der Waals surface area contributed by atoms with Gasteiger partial charge >= 0.3 is 5.97 Å². The predicted octanol–water partition coefficient (Wildman–Crippen LogP) is 4.50. The number of fused-ring (bicyclic) bond motifs is 1. The van der Waals surface area contributed by atoms with Crippen molar-refractivity contribution in [3.8, 4) is 5.69 Å². The summed E-state index contributed by atoms with van der Waals surface area (Å²) in [4.78, 5) is 26.8. The lowest BCUT2D eigenvalue weighted by Crippen LogP contribution is -2.23. The highest BCUT2D eigenvalue weighted by molar-refractivity contribution is 8.00. The number of ether oxygens (including phenoxy) is 1. The molecule has 1 N–H and O–H groups in total. The maximum atomic E-state index is 13.0. The molecule has 0 bridgehead atoms. The molecule has 9 heteroatoms. The summed E-state index contributed by atoms with van der Waals surface area (Å²) in [6.07, 6.45) is 5.57. The second-order valence-corrected chi connectivity index (χ2v) is 9.62. The second-order valence-electron chi connectivity index (χ2n) is 7.20. The number of hydrogen-bond acceptors (Lipinski definition) is 7. The van der Waals surface area contributed by atoms with Gasteiger partial charge in [0.05, 0.1) is 17.4 Å². The number of nitrogens with one attached hydrogen (secondary N) is 1. The number of carbonyl (C=O) groups is 2. The van der Waals surface area contributed by atoms with Gasteiger partial charge in [0.25, 0.3) is 0 Å². The first-order chi connectivity index (χ1) is 15.1. The van der Waals surface area contributed by atoms with Crippen LogP contribution >= 0.6 is 23.1 Å². The van der Waals surface area contributed by atoms with E-state index in [1.165, 1.54) is 28.0 Å². The van der Waals surface area contributed by atoms with Crippen LogP contribution in [0.1, 0.15) is 47.5 Å². The molecule has 1 aliphatic rings. The third-order valence-electron chi connectivity index (χ3n) is 5.09. The number of anilines is 1.